The molecule has 1 aromatic heterocycles. The van der Waals surface area contributed by atoms with Crippen molar-refractivity contribution in [1.82, 2.24) is 10.3 Å². The minimum atomic E-state index is 0.184. The second-order valence-corrected chi connectivity index (χ2v) is 5.85. The maximum Gasteiger partial charge on any atom is 0.138 e. The predicted octanol–water partition coefficient (Wildman–Crippen LogP) is 2.86. The molecule has 2 aliphatic rings. The Morgan fingerprint density at radius 2 is 2.22 bits per heavy atom. The summed E-state index contributed by atoms with van der Waals surface area (Å²) < 4.78 is 5.77. The van der Waals surface area contributed by atoms with Crippen molar-refractivity contribution in [3.8, 4) is 5.75 Å². The van der Waals surface area contributed by atoms with E-state index in [2.05, 4.69) is 30.2 Å². The van der Waals surface area contributed by atoms with Crippen LogP contribution in [-0.2, 0) is 5.54 Å². The van der Waals surface area contributed by atoms with Crippen molar-refractivity contribution in [1.29, 1.82) is 0 Å². The van der Waals surface area contributed by atoms with Gasteiger partial charge in [0.15, 0.2) is 0 Å². The van der Waals surface area contributed by atoms with E-state index in [0.717, 1.165) is 18.2 Å². The maximum atomic E-state index is 5.77. The van der Waals surface area contributed by atoms with Crippen LogP contribution in [-0.4, -0.2) is 17.6 Å². The van der Waals surface area contributed by atoms with E-state index in [9.17, 15) is 0 Å². The molecule has 0 bridgehead atoms. The van der Waals surface area contributed by atoms with E-state index in [-0.39, 0.29) is 11.6 Å². The molecule has 1 atom stereocenters. The van der Waals surface area contributed by atoms with Crippen LogP contribution in [0, 0.1) is 5.92 Å². The second-order valence-electron chi connectivity index (χ2n) is 5.85. The summed E-state index contributed by atoms with van der Waals surface area (Å²) >= 11 is 0. The van der Waals surface area contributed by atoms with Gasteiger partial charge in [-0.1, -0.05) is 0 Å². The number of aromatic nitrogens is 1. The molecule has 1 saturated carbocycles. The van der Waals surface area contributed by atoms with Crippen LogP contribution in [0.25, 0.3) is 0 Å². The van der Waals surface area contributed by atoms with E-state index in [0.29, 0.717) is 0 Å². The first-order chi connectivity index (χ1) is 8.71. The van der Waals surface area contributed by atoms with Crippen LogP contribution in [0.4, 0.5) is 0 Å². The van der Waals surface area contributed by atoms with Gasteiger partial charge in [-0.15, -0.1) is 0 Å². The highest BCUT2D eigenvalue weighted by molar-refractivity contribution is 5.32. The van der Waals surface area contributed by atoms with Crippen molar-refractivity contribution in [2.75, 3.05) is 6.54 Å². The first kappa shape index (κ1) is 12.0. The van der Waals surface area contributed by atoms with E-state index in [4.69, 9.17) is 4.74 Å². The zero-order valence-electron chi connectivity index (χ0n) is 11.3. The molecule has 1 aliphatic carbocycles. The average molecular weight is 246 g/mol. The molecule has 1 aromatic rings. The Bertz CT molecular complexity index is 420. The lowest BCUT2D eigenvalue weighted by Gasteiger charge is -2.30. The summed E-state index contributed by atoms with van der Waals surface area (Å²) in [5, 5.41) is 3.73. The van der Waals surface area contributed by atoms with Gasteiger partial charge in [-0.25, -0.2) is 0 Å². The van der Waals surface area contributed by atoms with Gasteiger partial charge in [-0.2, -0.15) is 0 Å². The molecule has 0 radical (unpaired) electrons. The average Bonchev–Trinajstić information content (AvgIpc) is 3.08. The number of pyridine rings is 1. The number of nitrogens with zero attached hydrogens (tertiary/aromatic N) is 1. The third-order valence-corrected chi connectivity index (χ3v) is 4.06. The molecule has 98 valence electrons. The van der Waals surface area contributed by atoms with E-state index >= 15 is 0 Å². The van der Waals surface area contributed by atoms with Crippen LogP contribution >= 0.6 is 0 Å². The zero-order valence-corrected chi connectivity index (χ0v) is 11.3. The minimum Gasteiger partial charge on any atom is -0.489 e. The predicted molar refractivity (Wildman–Crippen MR) is 71.6 cm³/mol. The number of rotatable bonds is 4. The normalized spacial score (nSPS) is 27.7. The summed E-state index contributed by atoms with van der Waals surface area (Å²) in [6.45, 7) is 5.24. The fourth-order valence-electron chi connectivity index (χ4n) is 3.17. The van der Waals surface area contributed by atoms with E-state index in [1.807, 2.05) is 12.4 Å². The van der Waals surface area contributed by atoms with Crippen LogP contribution in [0.5, 0.6) is 5.75 Å². The molecule has 0 spiro atoms. The van der Waals surface area contributed by atoms with Gasteiger partial charge in [0.05, 0.1) is 12.3 Å². The molecule has 0 amide bonds. The number of hydrogen-bond donors (Lipinski definition) is 1. The summed E-state index contributed by atoms with van der Waals surface area (Å²) in [6.07, 6.45) is 9.25. The molecule has 2 heterocycles. The molecule has 0 aromatic carbocycles. The Morgan fingerprint density at radius 1 is 1.39 bits per heavy atom. The molecule has 3 rings (SSSR count). The highest BCUT2D eigenvalue weighted by atomic mass is 16.5. The molecule has 3 heteroatoms. The van der Waals surface area contributed by atoms with Gasteiger partial charge in [-0.3, -0.25) is 4.98 Å². The smallest absolute Gasteiger partial charge is 0.138 e. The van der Waals surface area contributed by atoms with Gasteiger partial charge in [0, 0.05) is 11.7 Å². The molecular weight excluding hydrogens is 224 g/mol. The monoisotopic (exact) mass is 246 g/mol. The molecular formula is C15H22N2O. The standard InChI is InChI=1S/C15H22N2O/c1-11(2)18-14-8-13(9-16-10-14)15(12-4-5-12)6-3-7-17-15/h8-12,17H,3-7H2,1-2H3. The van der Waals surface area contributed by atoms with E-state index in [1.54, 1.807) is 0 Å². The lowest BCUT2D eigenvalue weighted by atomic mass is 9.84. The molecule has 1 unspecified atom stereocenters. The Hall–Kier alpha value is -1.09. The van der Waals surface area contributed by atoms with Crippen molar-refractivity contribution >= 4 is 0 Å². The fraction of sp³-hybridized carbons (Fsp3) is 0.667. The number of ether oxygens (including phenoxy) is 1. The Morgan fingerprint density at radius 3 is 2.83 bits per heavy atom. The quantitative estimate of drug-likeness (QED) is 0.887. The van der Waals surface area contributed by atoms with E-state index < -0.39 is 0 Å². The molecule has 1 aliphatic heterocycles. The third kappa shape index (κ3) is 2.12. The van der Waals surface area contributed by atoms with Gasteiger partial charge in [0.2, 0.25) is 0 Å². The zero-order chi connectivity index (χ0) is 12.6. The Balaban J connectivity index is 1.90. The van der Waals surface area contributed by atoms with Crippen LogP contribution in [0.3, 0.4) is 0 Å². The minimum absolute atomic E-state index is 0.184. The van der Waals surface area contributed by atoms with Crippen molar-refractivity contribution < 1.29 is 4.74 Å². The largest absolute Gasteiger partial charge is 0.489 e. The Labute approximate surface area is 109 Å². The highest BCUT2D eigenvalue weighted by Gasteiger charge is 2.48. The summed E-state index contributed by atoms with van der Waals surface area (Å²) in [4.78, 5) is 4.37. The number of nitrogens with one attached hydrogen (secondary N) is 1. The third-order valence-electron chi connectivity index (χ3n) is 4.06. The Kier molecular flexibility index (Phi) is 3.02. The summed E-state index contributed by atoms with van der Waals surface area (Å²) in [7, 11) is 0. The molecule has 1 saturated heterocycles. The topological polar surface area (TPSA) is 34.1 Å². The van der Waals surface area contributed by atoms with Gasteiger partial charge in [-0.05, 0) is 63.6 Å². The second kappa shape index (κ2) is 4.54. The van der Waals surface area contributed by atoms with Crippen LogP contribution in [0.15, 0.2) is 18.5 Å². The highest BCUT2D eigenvalue weighted by Crippen LogP contribution is 2.50. The van der Waals surface area contributed by atoms with Gasteiger partial charge in [0.1, 0.15) is 5.75 Å². The summed E-state index contributed by atoms with van der Waals surface area (Å²) in [6, 6.07) is 2.18. The van der Waals surface area contributed by atoms with Crippen LogP contribution < -0.4 is 10.1 Å². The van der Waals surface area contributed by atoms with Gasteiger partial charge >= 0.3 is 0 Å². The van der Waals surface area contributed by atoms with Gasteiger partial charge in [0.25, 0.3) is 0 Å². The molecule has 2 fully saturated rings. The van der Waals surface area contributed by atoms with Crippen molar-refractivity contribution in [3.63, 3.8) is 0 Å². The summed E-state index contributed by atoms with van der Waals surface area (Å²) in [5.74, 6) is 1.70. The lowest BCUT2D eigenvalue weighted by Crippen LogP contribution is -2.39. The van der Waals surface area contributed by atoms with Crippen molar-refractivity contribution in [2.45, 2.75) is 51.2 Å². The maximum absolute atomic E-state index is 5.77. The molecule has 1 N–H and O–H groups in total. The van der Waals surface area contributed by atoms with E-state index in [1.165, 1.54) is 31.2 Å². The first-order valence-electron chi connectivity index (χ1n) is 7.08. The molecule has 3 nitrogen and oxygen atoms in total. The van der Waals surface area contributed by atoms with Gasteiger partial charge < -0.3 is 10.1 Å². The molecule has 18 heavy (non-hydrogen) atoms. The SMILES string of the molecule is CC(C)Oc1cncc(C2(C3CC3)CCCN2)c1. The first-order valence-corrected chi connectivity index (χ1v) is 7.08. The van der Waals surface area contributed by atoms with Crippen LogP contribution in [0.1, 0.15) is 45.1 Å². The van der Waals surface area contributed by atoms with Crippen molar-refractivity contribution in [3.05, 3.63) is 24.0 Å². The fourth-order valence-corrected chi connectivity index (χ4v) is 3.17. The van der Waals surface area contributed by atoms with Crippen LogP contribution in [0.2, 0.25) is 0 Å². The number of hydrogen-bond acceptors (Lipinski definition) is 3. The lowest BCUT2D eigenvalue weighted by molar-refractivity contribution is 0.239. The van der Waals surface area contributed by atoms with Crippen molar-refractivity contribution in [2.24, 2.45) is 5.92 Å². The summed E-state index contributed by atoms with van der Waals surface area (Å²) in [5.41, 5.74) is 1.50.